The van der Waals surface area contributed by atoms with Gasteiger partial charge in [0.15, 0.2) is 0 Å². The van der Waals surface area contributed by atoms with Gasteiger partial charge >= 0.3 is 0 Å². The van der Waals surface area contributed by atoms with Gasteiger partial charge in [0.25, 0.3) is 0 Å². The molecule has 0 saturated carbocycles. The Labute approximate surface area is 123 Å². The maximum absolute atomic E-state index is 9.44. The predicted molar refractivity (Wildman–Crippen MR) is 80.1 cm³/mol. The van der Waals surface area contributed by atoms with Crippen LogP contribution in [-0.4, -0.2) is 40.3 Å². The molecule has 6 heteroatoms. The van der Waals surface area contributed by atoms with E-state index in [2.05, 4.69) is 10.3 Å². The number of hydrogen-bond acceptors (Lipinski definition) is 4. The number of nitrogens with zero attached hydrogens (tertiary/aromatic N) is 2. The molecule has 0 amide bonds. The molecule has 20 heavy (non-hydrogen) atoms. The summed E-state index contributed by atoms with van der Waals surface area (Å²) in [4.78, 5) is 4.21. The lowest BCUT2D eigenvalue weighted by atomic mass is 10.2. The van der Waals surface area contributed by atoms with Crippen molar-refractivity contribution >= 4 is 17.3 Å². The van der Waals surface area contributed by atoms with Crippen LogP contribution in [0.3, 0.4) is 0 Å². The van der Waals surface area contributed by atoms with Gasteiger partial charge in [0.2, 0.25) is 0 Å². The van der Waals surface area contributed by atoms with Crippen molar-refractivity contribution in [2.45, 2.75) is 13.0 Å². The van der Waals surface area contributed by atoms with Crippen molar-refractivity contribution in [1.29, 1.82) is 0 Å². The zero-order chi connectivity index (χ0) is 14.5. The lowest BCUT2D eigenvalue weighted by molar-refractivity contribution is 0.211. The van der Waals surface area contributed by atoms with Gasteiger partial charge < -0.3 is 19.7 Å². The fraction of sp³-hybridized carbons (Fsp3) is 0.357. The summed E-state index contributed by atoms with van der Waals surface area (Å²) in [6.45, 7) is 2.34. The van der Waals surface area contributed by atoms with Crippen LogP contribution in [0.15, 0.2) is 30.7 Å². The molecule has 0 saturated heterocycles. The number of aromatic nitrogens is 2. The molecule has 2 aromatic rings. The lowest BCUT2D eigenvalue weighted by Crippen LogP contribution is -2.20. The fourth-order valence-corrected chi connectivity index (χ4v) is 1.95. The van der Waals surface area contributed by atoms with Gasteiger partial charge in [-0.2, -0.15) is 0 Å². The van der Waals surface area contributed by atoms with Crippen LogP contribution in [0.4, 0.5) is 5.69 Å². The third kappa shape index (κ3) is 3.43. The number of methoxy groups -OCH3 is 1. The number of aliphatic hydroxyl groups excluding tert-OH is 1. The first-order valence-electron chi connectivity index (χ1n) is 6.31. The number of alkyl halides is 1. The molecular formula is C14H18ClN3O2. The summed E-state index contributed by atoms with van der Waals surface area (Å²) < 4.78 is 7.31. The molecule has 5 nitrogen and oxygen atoms in total. The van der Waals surface area contributed by atoms with Gasteiger partial charge in [-0.15, -0.1) is 11.6 Å². The molecule has 1 aromatic heterocycles. The second-order valence-corrected chi connectivity index (χ2v) is 4.81. The van der Waals surface area contributed by atoms with Crippen LogP contribution in [0.25, 0.3) is 5.69 Å². The molecule has 0 radical (unpaired) electrons. The molecule has 2 N–H and O–H groups in total. The maximum atomic E-state index is 9.44. The number of benzene rings is 1. The van der Waals surface area contributed by atoms with Crippen molar-refractivity contribution < 1.29 is 9.84 Å². The molecule has 1 atom stereocenters. The van der Waals surface area contributed by atoms with Crippen LogP contribution in [-0.2, 0) is 0 Å². The van der Waals surface area contributed by atoms with E-state index in [1.54, 1.807) is 13.4 Å². The van der Waals surface area contributed by atoms with Gasteiger partial charge in [-0.3, -0.25) is 0 Å². The Morgan fingerprint density at radius 2 is 2.30 bits per heavy atom. The molecule has 0 bridgehead atoms. The van der Waals surface area contributed by atoms with Gasteiger partial charge in [0.1, 0.15) is 5.75 Å². The zero-order valence-electron chi connectivity index (χ0n) is 11.5. The number of aryl methyl sites for hydroxylation is 1. The van der Waals surface area contributed by atoms with E-state index in [1.807, 2.05) is 35.9 Å². The van der Waals surface area contributed by atoms with Crippen LogP contribution < -0.4 is 10.1 Å². The molecule has 1 heterocycles. The minimum absolute atomic E-state index is 0.205. The molecule has 1 aromatic carbocycles. The summed E-state index contributed by atoms with van der Waals surface area (Å²) in [5.41, 5.74) is 2.72. The molecule has 2 rings (SSSR count). The van der Waals surface area contributed by atoms with E-state index >= 15 is 0 Å². The second-order valence-electron chi connectivity index (χ2n) is 4.50. The number of imidazole rings is 1. The van der Waals surface area contributed by atoms with E-state index in [0.717, 1.165) is 22.8 Å². The SMILES string of the molecule is COc1cc(NCC(O)CCl)ccc1-n1cnc(C)c1. The summed E-state index contributed by atoms with van der Waals surface area (Å²) in [6.07, 6.45) is 3.11. The van der Waals surface area contributed by atoms with Gasteiger partial charge in [-0.25, -0.2) is 4.98 Å². The minimum Gasteiger partial charge on any atom is -0.494 e. The Morgan fingerprint density at radius 1 is 1.50 bits per heavy atom. The van der Waals surface area contributed by atoms with Crippen molar-refractivity contribution in [2.24, 2.45) is 0 Å². The monoisotopic (exact) mass is 295 g/mol. The Morgan fingerprint density at radius 3 is 2.90 bits per heavy atom. The molecular weight excluding hydrogens is 278 g/mol. The molecule has 1 unspecified atom stereocenters. The molecule has 108 valence electrons. The van der Waals surface area contributed by atoms with Gasteiger partial charge in [-0.1, -0.05) is 0 Å². The van der Waals surface area contributed by atoms with Crippen LogP contribution in [0.1, 0.15) is 5.69 Å². The number of rotatable bonds is 6. The van der Waals surface area contributed by atoms with E-state index < -0.39 is 6.10 Å². The minimum atomic E-state index is -0.571. The standard InChI is InChI=1S/C14H18ClN3O2/c1-10-8-18(9-17-10)13-4-3-11(5-14(13)20-2)16-7-12(19)6-15/h3-5,8-9,12,16,19H,6-7H2,1-2H3. The van der Waals surface area contributed by atoms with Crippen LogP contribution in [0.2, 0.25) is 0 Å². The van der Waals surface area contributed by atoms with E-state index in [4.69, 9.17) is 16.3 Å². The molecule has 0 fully saturated rings. The Kier molecular flexibility index (Phi) is 4.87. The summed E-state index contributed by atoms with van der Waals surface area (Å²) in [7, 11) is 1.63. The lowest BCUT2D eigenvalue weighted by Gasteiger charge is -2.14. The van der Waals surface area contributed by atoms with E-state index in [1.165, 1.54) is 0 Å². The third-order valence-corrected chi connectivity index (χ3v) is 3.25. The smallest absolute Gasteiger partial charge is 0.144 e. The average molecular weight is 296 g/mol. The predicted octanol–water partition coefficient (Wildman–Crippen LogP) is 2.20. The number of anilines is 1. The average Bonchev–Trinajstić information content (AvgIpc) is 2.90. The highest BCUT2D eigenvalue weighted by molar-refractivity contribution is 6.18. The molecule has 0 aliphatic heterocycles. The van der Waals surface area contributed by atoms with Crippen LogP contribution in [0.5, 0.6) is 5.75 Å². The molecule has 0 aliphatic carbocycles. The highest BCUT2D eigenvalue weighted by Crippen LogP contribution is 2.26. The van der Waals surface area contributed by atoms with Gasteiger partial charge in [0, 0.05) is 24.5 Å². The van der Waals surface area contributed by atoms with Crippen LogP contribution in [0, 0.1) is 6.92 Å². The highest BCUT2D eigenvalue weighted by Gasteiger charge is 2.08. The Balaban J connectivity index is 2.20. The zero-order valence-corrected chi connectivity index (χ0v) is 12.3. The van der Waals surface area contributed by atoms with Crippen molar-refractivity contribution in [3.63, 3.8) is 0 Å². The maximum Gasteiger partial charge on any atom is 0.144 e. The number of hydrogen-bond donors (Lipinski definition) is 2. The normalized spacial score (nSPS) is 12.2. The van der Waals surface area contributed by atoms with Crippen molar-refractivity contribution in [3.8, 4) is 11.4 Å². The quantitative estimate of drug-likeness (QED) is 0.802. The first kappa shape index (κ1) is 14.7. The number of ether oxygens (including phenoxy) is 1. The highest BCUT2D eigenvalue weighted by atomic mass is 35.5. The van der Waals surface area contributed by atoms with Gasteiger partial charge in [0.05, 0.1) is 36.8 Å². The first-order chi connectivity index (χ1) is 9.63. The number of nitrogens with one attached hydrogen (secondary N) is 1. The summed E-state index contributed by atoms with van der Waals surface area (Å²) in [6, 6.07) is 5.75. The Hall–Kier alpha value is -1.72. The van der Waals surface area contributed by atoms with Crippen LogP contribution >= 0.6 is 11.6 Å². The third-order valence-electron chi connectivity index (χ3n) is 2.89. The molecule has 0 spiro atoms. The van der Waals surface area contributed by atoms with Crippen molar-refractivity contribution in [3.05, 3.63) is 36.4 Å². The topological polar surface area (TPSA) is 59.3 Å². The fourth-order valence-electron chi connectivity index (χ4n) is 1.84. The summed E-state index contributed by atoms with van der Waals surface area (Å²) in [5, 5.41) is 12.6. The first-order valence-corrected chi connectivity index (χ1v) is 6.84. The largest absolute Gasteiger partial charge is 0.494 e. The number of aliphatic hydroxyl groups is 1. The van der Waals surface area contributed by atoms with Crippen molar-refractivity contribution in [2.75, 3.05) is 24.9 Å². The van der Waals surface area contributed by atoms with Gasteiger partial charge in [-0.05, 0) is 19.1 Å². The number of halogens is 1. The molecule has 0 aliphatic rings. The van der Waals surface area contributed by atoms with E-state index in [-0.39, 0.29) is 5.88 Å². The Bertz CT molecular complexity index is 571. The van der Waals surface area contributed by atoms with E-state index in [0.29, 0.717) is 6.54 Å². The van der Waals surface area contributed by atoms with E-state index in [9.17, 15) is 5.11 Å². The summed E-state index contributed by atoms with van der Waals surface area (Å²) >= 11 is 5.56. The summed E-state index contributed by atoms with van der Waals surface area (Å²) in [5.74, 6) is 0.934. The second kappa shape index (κ2) is 6.63. The van der Waals surface area contributed by atoms with Crippen molar-refractivity contribution in [1.82, 2.24) is 9.55 Å².